The third kappa shape index (κ3) is 3.60. The van der Waals surface area contributed by atoms with Crippen LogP contribution in [0, 0.1) is 13.8 Å². The van der Waals surface area contributed by atoms with Gasteiger partial charge in [-0.2, -0.15) is 0 Å². The molecule has 1 aliphatic heterocycles. The van der Waals surface area contributed by atoms with Crippen LogP contribution in [0.25, 0.3) is 5.69 Å². The van der Waals surface area contributed by atoms with Gasteiger partial charge in [-0.15, -0.1) is 9.36 Å². The fourth-order valence-corrected chi connectivity index (χ4v) is 4.98. The van der Waals surface area contributed by atoms with Gasteiger partial charge in [0.1, 0.15) is 22.9 Å². The van der Waals surface area contributed by atoms with Gasteiger partial charge in [0, 0.05) is 6.07 Å². The highest BCUT2D eigenvalue weighted by Crippen LogP contribution is 2.33. The summed E-state index contributed by atoms with van der Waals surface area (Å²) in [6, 6.07) is 31.2. The lowest BCUT2D eigenvalue weighted by Crippen LogP contribution is -2.55. The van der Waals surface area contributed by atoms with Gasteiger partial charge in [0.2, 0.25) is 0 Å². The van der Waals surface area contributed by atoms with Crippen molar-refractivity contribution in [3.63, 3.8) is 0 Å². The molecule has 1 aromatic heterocycles. The first-order valence-corrected chi connectivity index (χ1v) is 11.9. The van der Waals surface area contributed by atoms with Crippen molar-refractivity contribution in [3.8, 4) is 28.7 Å². The van der Waals surface area contributed by atoms with Crippen LogP contribution in [-0.2, 0) is 7.05 Å². The SMILES string of the molecule is Cc1ccccc1Oc1c(B2c3ccccc3Oc3ccccc32)ccc(C)c1-n1ccc[n+]1C. The Morgan fingerprint density at radius 1 is 0.714 bits per heavy atom. The van der Waals surface area contributed by atoms with Crippen LogP contribution in [0.2, 0.25) is 0 Å². The summed E-state index contributed by atoms with van der Waals surface area (Å²) in [5, 5.41) is 0. The highest BCUT2D eigenvalue weighted by Gasteiger charge is 2.36. The molecule has 0 saturated carbocycles. The molecular weight excluding hydrogens is 431 g/mol. The van der Waals surface area contributed by atoms with Crippen LogP contribution >= 0.6 is 0 Å². The van der Waals surface area contributed by atoms with E-state index in [1.165, 1.54) is 0 Å². The van der Waals surface area contributed by atoms with Crippen LogP contribution in [-0.4, -0.2) is 11.4 Å². The largest absolute Gasteiger partial charge is 0.458 e. The number of nitrogens with zero attached hydrogens (tertiary/aromatic N) is 2. The van der Waals surface area contributed by atoms with E-state index in [9.17, 15) is 0 Å². The maximum Gasteiger partial charge on any atom is 0.255 e. The predicted molar refractivity (Wildman–Crippen MR) is 141 cm³/mol. The number of ether oxygens (including phenoxy) is 2. The number of hydrogen-bond acceptors (Lipinski definition) is 2. The van der Waals surface area contributed by atoms with Crippen LogP contribution < -0.4 is 30.5 Å². The minimum absolute atomic E-state index is 0.0320. The molecule has 35 heavy (non-hydrogen) atoms. The molecule has 0 aliphatic carbocycles. The number of para-hydroxylation sites is 3. The Bertz CT molecular complexity index is 1510. The quantitative estimate of drug-likeness (QED) is 0.291. The van der Waals surface area contributed by atoms with Crippen molar-refractivity contribution in [1.29, 1.82) is 0 Å². The van der Waals surface area contributed by atoms with Crippen LogP contribution in [0.5, 0.6) is 23.0 Å². The Kier molecular flexibility index (Phi) is 5.18. The van der Waals surface area contributed by atoms with E-state index in [1.54, 1.807) is 0 Å². The second kappa shape index (κ2) is 8.51. The van der Waals surface area contributed by atoms with Gasteiger partial charge in [0.15, 0.2) is 19.0 Å². The summed E-state index contributed by atoms with van der Waals surface area (Å²) < 4.78 is 17.4. The van der Waals surface area contributed by atoms with Crippen LogP contribution in [0.3, 0.4) is 0 Å². The van der Waals surface area contributed by atoms with E-state index >= 15 is 0 Å². The maximum absolute atomic E-state index is 6.84. The molecule has 5 heteroatoms. The molecule has 4 aromatic carbocycles. The first-order chi connectivity index (χ1) is 17.1. The van der Waals surface area contributed by atoms with Gasteiger partial charge in [0.05, 0.1) is 6.20 Å². The second-order valence-corrected chi connectivity index (χ2v) is 9.04. The van der Waals surface area contributed by atoms with E-state index in [1.807, 2.05) is 61.8 Å². The average Bonchev–Trinajstić information content (AvgIpc) is 3.30. The van der Waals surface area contributed by atoms with E-state index in [4.69, 9.17) is 9.47 Å². The fraction of sp³-hybridized carbons (Fsp3) is 0.100. The van der Waals surface area contributed by atoms with Crippen LogP contribution in [0.15, 0.2) is 103 Å². The van der Waals surface area contributed by atoms with E-state index in [0.717, 1.165) is 56.2 Å². The lowest BCUT2D eigenvalue weighted by atomic mass is 9.35. The minimum Gasteiger partial charge on any atom is -0.458 e. The van der Waals surface area contributed by atoms with Gasteiger partial charge in [-0.25, -0.2) is 0 Å². The smallest absolute Gasteiger partial charge is 0.255 e. The van der Waals surface area contributed by atoms with Crippen molar-refractivity contribution in [2.75, 3.05) is 0 Å². The molecule has 2 heterocycles. The Labute approximate surface area is 206 Å². The van der Waals surface area contributed by atoms with Gasteiger partial charge in [0.25, 0.3) is 6.71 Å². The summed E-state index contributed by atoms with van der Waals surface area (Å²) in [5.74, 6) is 3.46. The van der Waals surface area contributed by atoms with Crippen LogP contribution in [0.1, 0.15) is 11.1 Å². The van der Waals surface area contributed by atoms with Crippen molar-refractivity contribution >= 4 is 23.1 Å². The second-order valence-electron chi connectivity index (χ2n) is 9.04. The van der Waals surface area contributed by atoms with Gasteiger partial charge in [-0.05, 0) is 59.6 Å². The standard InChI is InChI=1S/C30H26BN2O2/c1-21-11-4-7-14-26(21)35-30-25(18-17-22(2)29(30)33-20-10-19-32(33)3)31-23-12-5-8-15-27(23)34-28-16-9-6-13-24(28)31/h4-20H,1-3H3/q+1. The number of aryl methyl sites for hydroxylation is 3. The van der Waals surface area contributed by atoms with Crippen molar-refractivity contribution in [1.82, 2.24) is 4.68 Å². The number of fused-ring (bicyclic) bond motifs is 2. The topological polar surface area (TPSA) is 27.3 Å². The summed E-state index contributed by atoms with van der Waals surface area (Å²) in [6.45, 7) is 4.19. The van der Waals surface area contributed by atoms with E-state index in [0.29, 0.717) is 0 Å². The number of aromatic nitrogens is 2. The molecule has 6 rings (SSSR count). The molecule has 0 saturated heterocycles. The molecule has 0 radical (unpaired) electrons. The van der Waals surface area contributed by atoms with E-state index < -0.39 is 0 Å². The number of rotatable bonds is 4. The zero-order chi connectivity index (χ0) is 23.9. The molecule has 0 amide bonds. The summed E-state index contributed by atoms with van der Waals surface area (Å²) in [5.41, 5.74) is 6.62. The number of benzene rings is 4. The van der Waals surface area contributed by atoms with Gasteiger partial charge in [-0.3, -0.25) is 0 Å². The molecule has 0 atom stereocenters. The fourth-order valence-electron chi connectivity index (χ4n) is 4.98. The lowest BCUT2D eigenvalue weighted by molar-refractivity contribution is -0.744. The monoisotopic (exact) mass is 457 g/mol. The molecule has 1 aliphatic rings. The Morgan fingerprint density at radius 2 is 1.37 bits per heavy atom. The third-order valence-corrected chi connectivity index (χ3v) is 6.76. The minimum atomic E-state index is -0.0320. The molecule has 0 spiro atoms. The highest BCUT2D eigenvalue weighted by atomic mass is 16.5. The van der Waals surface area contributed by atoms with Crippen molar-refractivity contribution in [2.24, 2.45) is 7.05 Å². The van der Waals surface area contributed by atoms with Crippen molar-refractivity contribution < 1.29 is 14.2 Å². The first kappa shape index (κ1) is 21.3. The molecule has 4 nitrogen and oxygen atoms in total. The van der Waals surface area contributed by atoms with E-state index in [-0.39, 0.29) is 6.71 Å². The molecule has 0 N–H and O–H groups in total. The highest BCUT2D eigenvalue weighted by molar-refractivity contribution is 6.97. The maximum atomic E-state index is 6.84. The number of hydrogen-bond donors (Lipinski definition) is 0. The molecule has 0 fully saturated rings. The molecule has 170 valence electrons. The summed E-state index contributed by atoms with van der Waals surface area (Å²) in [7, 11) is 2.04. The zero-order valence-corrected chi connectivity index (χ0v) is 20.1. The van der Waals surface area contributed by atoms with Gasteiger partial charge in [-0.1, -0.05) is 66.7 Å². The van der Waals surface area contributed by atoms with E-state index in [2.05, 4.69) is 71.9 Å². The average molecular weight is 457 g/mol. The molecular formula is C30H26BN2O2+. The Morgan fingerprint density at radius 3 is 2.03 bits per heavy atom. The van der Waals surface area contributed by atoms with Crippen LogP contribution in [0.4, 0.5) is 0 Å². The summed E-state index contributed by atoms with van der Waals surface area (Å²) >= 11 is 0. The predicted octanol–water partition coefficient (Wildman–Crippen LogP) is 4.33. The molecule has 5 aromatic rings. The third-order valence-electron chi connectivity index (χ3n) is 6.76. The normalized spacial score (nSPS) is 12.0. The van der Waals surface area contributed by atoms with Crippen molar-refractivity contribution in [2.45, 2.75) is 13.8 Å². The lowest BCUT2D eigenvalue weighted by Gasteiger charge is -2.28. The molecule has 0 bridgehead atoms. The van der Waals surface area contributed by atoms with Crippen molar-refractivity contribution in [3.05, 3.63) is 115 Å². The Hall–Kier alpha value is -4.25. The first-order valence-electron chi connectivity index (χ1n) is 11.9. The Balaban J connectivity index is 1.66. The van der Waals surface area contributed by atoms with Gasteiger partial charge < -0.3 is 9.47 Å². The summed E-state index contributed by atoms with van der Waals surface area (Å²) in [4.78, 5) is 0. The van der Waals surface area contributed by atoms with Gasteiger partial charge >= 0.3 is 0 Å². The zero-order valence-electron chi connectivity index (χ0n) is 20.1. The summed E-state index contributed by atoms with van der Waals surface area (Å²) in [6.07, 6.45) is 4.12. The molecule has 0 unspecified atom stereocenters.